The summed E-state index contributed by atoms with van der Waals surface area (Å²) < 4.78 is 0. The fourth-order valence-electron chi connectivity index (χ4n) is 2.64. The van der Waals surface area contributed by atoms with Crippen molar-refractivity contribution < 1.29 is 0 Å². The summed E-state index contributed by atoms with van der Waals surface area (Å²) in [7, 11) is 2.04. The molecule has 1 fully saturated rings. The number of rotatable bonds is 4. The zero-order chi connectivity index (χ0) is 12.1. The number of hydrogen-bond donors (Lipinski definition) is 1. The third-order valence-corrected chi connectivity index (χ3v) is 3.81. The van der Waals surface area contributed by atoms with E-state index in [1.54, 1.807) is 0 Å². The van der Waals surface area contributed by atoms with E-state index in [-0.39, 0.29) is 0 Å². The molecule has 0 radical (unpaired) electrons. The van der Waals surface area contributed by atoms with Gasteiger partial charge >= 0.3 is 0 Å². The molecule has 1 aliphatic rings. The molecular formula is C14H23N3. The molecule has 2 rings (SSSR count). The van der Waals surface area contributed by atoms with Gasteiger partial charge in [-0.25, -0.2) is 0 Å². The molecule has 1 aliphatic heterocycles. The molecule has 1 atom stereocenters. The smallest absolute Gasteiger partial charge is 0.0572 e. The lowest BCUT2D eigenvalue weighted by atomic mass is 9.95. The number of piperidine rings is 1. The Morgan fingerprint density at radius 3 is 2.76 bits per heavy atom. The van der Waals surface area contributed by atoms with Crippen molar-refractivity contribution in [3.05, 3.63) is 30.1 Å². The molecule has 3 heteroatoms. The highest BCUT2D eigenvalue weighted by Crippen LogP contribution is 2.24. The van der Waals surface area contributed by atoms with Crippen molar-refractivity contribution in [3.8, 4) is 0 Å². The highest BCUT2D eigenvalue weighted by atomic mass is 15.2. The van der Waals surface area contributed by atoms with Gasteiger partial charge in [-0.1, -0.05) is 6.07 Å². The van der Waals surface area contributed by atoms with Gasteiger partial charge in [-0.05, 0) is 64.5 Å². The van der Waals surface area contributed by atoms with Gasteiger partial charge in [0.1, 0.15) is 0 Å². The standard InChI is InChI=1S/C14H23N3/c1-12(14-5-3-4-8-16-14)17-9-6-13(7-10-17)11-15-2/h3-5,8,12-13,15H,6-7,9-11H2,1-2H3. The Morgan fingerprint density at radius 2 is 2.18 bits per heavy atom. The Labute approximate surface area is 104 Å². The molecule has 1 N–H and O–H groups in total. The summed E-state index contributed by atoms with van der Waals surface area (Å²) in [4.78, 5) is 7.01. The van der Waals surface area contributed by atoms with Crippen molar-refractivity contribution in [2.75, 3.05) is 26.7 Å². The summed E-state index contributed by atoms with van der Waals surface area (Å²) in [5.41, 5.74) is 1.19. The van der Waals surface area contributed by atoms with Crippen molar-refractivity contribution in [1.82, 2.24) is 15.2 Å². The normalized spacial score (nSPS) is 20.4. The first-order valence-electron chi connectivity index (χ1n) is 6.61. The van der Waals surface area contributed by atoms with E-state index in [1.165, 1.54) is 31.6 Å². The van der Waals surface area contributed by atoms with E-state index in [2.05, 4.69) is 34.3 Å². The van der Waals surface area contributed by atoms with Gasteiger partial charge < -0.3 is 5.32 Å². The lowest BCUT2D eigenvalue weighted by Gasteiger charge is -2.35. The van der Waals surface area contributed by atoms with Gasteiger partial charge in [0.25, 0.3) is 0 Å². The van der Waals surface area contributed by atoms with Gasteiger partial charge in [-0.15, -0.1) is 0 Å². The second kappa shape index (κ2) is 6.12. The number of likely N-dealkylation sites (tertiary alicyclic amines) is 1. The third-order valence-electron chi connectivity index (χ3n) is 3.81. The molecular weight excluding hydrogens is 210 g/mol. The number of nitrogens with one attached hydrogen (secondary N) is 1. The number of aromatic nitrogens is 1. The largest absolute Gasteiger partial charge is 0.319 e. The predicted octanol–water partition coefficient (Wildman–Crippen LogP) is 2.07. The zero-order valence-electron chi connectivity index (χ0n) is 10.9. The van der Waals surface area contributed by atoms with Crippen LogP contribution in [0.15, 0.2) is 24.4 Å². The topological polar surface area (TPSA) is 28.2 Å². The molecule has 2 heterocycles. The molecule has 94 valence electrons. The Morgan fingerprint density at radius 1 is 1.41 bits per heavy atom. The average Bonchev–Trinajstić information content (AvgIpc) is 2.40. The maximum atomic E-state index is 4.46. The molecule has 0 bridgehead atoms. The maximum Gasteiger partial charge on any atom is 0.0572 e. The molecule has 0 saturated carbocycles. The molecule has 0 aliphatic carbocycles. The minimum absolute atomic E-state index is 0.451. The number of hydrogen-bond acceptors (Lipinski definition) is 3. The quantitative estimate of drug-likeness (QED) is 0.863. The molecule has 0 aromatic carbocycles. The van der Waals surface area contributed by atoms with Crippen LogP contribution in [0.4, 0.5) is 0 Å². The van der Waals surface area contributed by atoms with Crippen LogP contribution in [-0.2, 0) is 0 Å². The first-order valence-corrected chi connectivity index (χ1v) is 6.61. The summed E-state index contributed by atoms with van der Waals surface area (Å²) in [6.45, 7) is 5.82. The van der Waals surface area contributed by atoms with Crippen molar-refractivity contribution in [1.29, 1.82) is 0 Å². The zero-order valence-corrected chi connectivity index (χ0v) is 10.9. The molecule has 17 heavy (non-hydrogen) atoms. The van der Waals surface area contributed by atoms with Crippen LogP contribution in [0.25, 0.3) is 0 Å². The second-order valence-electron chi connectivity index (χ2n) is 4.97. The SMILES string of the molecule is CNCC1CCN(C(C)c2ccccn2)CC1. The van der Waals surface area contributed by atoms with Gasteiger partial charge in [-0.2, -0.15) is 0 Å². The van der Waals surface area contributed by atoms with E-state index in [9.17, 15) is 0 Å². The average molecular weight is 233 g/mol. The summed E-state index contributed by atoms with van der Waals surface area (Å²) in [6, 6.07) is 6.64. The summed E-state index contributed by atoms with van der Waals surface area (Å²) >= 11 is 0. The molecule has 1 saturated heterocycles. The van der Waals surface area contributed by atoms with E-state index in [0.29, 0.717) is 6.04 Å². The van der Waals surface area contributed by atoms with Crippen LogP contribution in [0.1, 0.15) is 31.5 Å². The lowest BCUT2D eigenvalue weighted by Crippen LogP contribution is -2.38. The molecule has 3 nitrogen and oxygen atoms in total. The minimum atomic E-state index is 0.451. The van der Waals surface area contributed by atoms with Crippen LogP contribution in [0.3, 0.4) is 0 Å². The predicted molar refractivity (Wildman–Crippen MR) is 70.9 cm³/mol. The Hall–Kier alpha value is -0.930. The van der Waals surface area contributed by atoms with Crippen LogP contribution in [0.5, 0.6) is 0 Å². The van der Waals surface area contributed by atoms with Crippen LogP contribution >= 0.6 is 0 Å². The van der Waals surface area contributed by atoms with Crippen LogP contribution in [0.2, 0.25) is 0 Å². The monoisotopic (exact) mass is 233 g/mol. The first kappa shape index (κ1) is 12.5. The second-order valence-corrected chi connectivity index (χ2v) is 4.97. The minimum Gasteiger partial charge on any atom is -0.319 e. The molecule has 1 unspecified atom stereocenters. The molecule has 0 spiro atoms. The Balaban J connectivity index is 1.88. The van der Waals surface area contributed by atoms with Crippen molar-refractivity contribution in [2.45, 2.75) is 25.8 Å². The summed E-state index contributed by atoms with van der Waals surface area (Å²) in [6.07, 6.45) is 4.50. The van der Waals surface area contributed by atoms with Gasteiger partial charge in [0, 0.05) is 12.2 Å². The molecule has 0 amide bonds. The molecule has 1 aromatic heterocycles. The highest BCUT2D eigenvalue weighted by Gasteiger charge is 2.23. The maximum absolute atomic E-state index is 4.46. The van der Waals surface area contributed by atoms with E-state index < -0.39 is 0 Å². The summed E-state index contributed by atoms with van der Waals surface area (Å²) in [5, 5.41) is 3.28. The summed E-state index contributed by atoms with van der Waals surface area (Å²) in [5.74, 6) is 0.854. The number of nitrogens with zero attached hydrogens (tertiary/aromatic N) is 2. The Bertz CT molecular complexity index is 317. The number of pyridine rings is 1. The first-order chi connectivity index (χ1) is 8.31. The van der Waals surface area contributed by atoms with Gasteiger partial charge in [-0.3, -0.25) is 9.88 Å². The van der Waals surface area contributed by atoms with Crippen LogP contribution in [-0.4, -0.2) is 36.6 Å². The molecule has 1 aromatic rings. The van der Waals surface area contributed by atoms with Gasteiger partial charge in [0.05, 0.1) is 5.69 Å². The van der Waals surface area contributed by atoms with Crippen molar-refractivity contribution >= 4 is 0 Å². The van der Waals surface area contributed by atoms with Gasteiger partial charge in [0.15, 0.2) is 0 Å². The third kappa shape index (κ3) is 3.27. The van der Waals surface area contributed by atoms with Crippen LogP contribution in [0, 0.1) is 5.92 Å². The lowest BCUT2D eigenvalue weighted by molar-refractivity contribution is 0.139. The van der Waals surface area contributed by atoms with Crippen molar-refractivity contribution in [2.24, 2.45) is 5.92 Å². The van der Waals surface area contributed by atoms with Gasteiger partial charge in [0.2, 0.25) is 0 Å². The van der Waals surface area contributed by atoms with E-state index >= 15 is 0 Å². The van der Waals surface area contributed by atoms with E-state index in [4.69, 9.17) is 0 Å². The van der Waals surface area contributed by atoms with Crippen LogP contribution < -0.4 is 5.32 Å². The fraction of sp³-hybridized carbons (Fsp3) is 0.643. The van der Waals surface area contributed by atoms with E-state index in [0.717, 1.165) is 12.5 Å². The Kier molecular flexibility index (Phi) is 4.51. The van der Waals surface area contributed by atoms with E-state index in [1.807, 2.05) is 19.3 Å². The fourth-order valence-corrected chi connectivity index (χ4v) is 2.64. The highest BCUT2D eigenvalue weighted by molar-refractivity contribution is 5.08. The van der Waals surface area contributed by atoms with Crippen molar-refractivity contribution in [3.63, 3.8) is 0 Å².